The van der Waals surface area contributed by atoms with E-state index in [1.54, 1.807) is 28.3 Å². The van der Waals surface area contributed by atoms with Crippen molar-refractivity contribution in [2.45, 2.75) is 182 Å². The van der Waals surface area contributed by atoms with E-state index in [-0.39, 0.29) is 66.8 Å². The SMILES string of the molecule is COC1CC2CC[C@@H](C)C(O)(O2)C(=O)C(=O)N2CCCCC2C(=O)OC(C(C)CC2CCC(C)C(OC)C2)CC(=O)C(C)/C=C(\C)[C@@H](C)C(OC)C(=O)[C@H](C)CC(C)/C=C/C=C/C=C/1C. The second-order valence-electron chi connectivity index (χ2n) is 20.3. The Hall–Kier alpha value is -3.29. The lowest BCUT2D eigenvalue weighted by Crippen LogP contribution is -2.61. The molecule has 2 bridgehead atoms. The van der Waals surface area contributed by atoms with E-state index in [0.29, 0.717) is 56.8 Å². The lowest BCUT2D eigenvalue weighted by Gasteiger charge is -2.42. The number of piperidine rings is 1. The highest BCUT2D eigenvalue weighted by Crippen LogP contribution is 2.38. The average molecular weight is 910 g/mol. The van der Waals surface area contributed by atoms with Crippen LogP contribution in [0.25, 0.3) is 0 Å². The Morgan fingerprint density at radius 3 is 2.23 bits per heavy atom. The summed E-state index contributed by atoms with van der Waals surface area (Å²) in [4.78, 5) is 72.3. The van der Waals surface area contributed by atoms with E-state index in [2.05, 4.69) is 19.9 Å². The molecule has 3 heterocycles. The highest BCUT2D eigenvalue weighted by molar-refractivity contribution is 6.39. The predicted octanol–water partition coefficient (Wildman–Crippen LogP) is 8.73. The molecule has 4 rings (SSSR count). The van der Waals surface area contributed by atoms with Crippen molar-refractivity contribution in [3.05, 3.63) is 47.6 Å². The zero-order valence-corrected chi connectivity index (χ0v) is 41.7. The number of hydrogen-bond donors (Lipinski definition) is 1. The minimum Gasteiger partial charge on any atom is -0.460 e. The van der Waals surface area contributed by atoms with Gasteiger partial charge in [0.05, 0.1) is 18.3 Å². The standard InChI is InChI=1S/C53H83NO11/c1-32-18-14-13-15-19-33(2)46(62-11)30-42-24-22-39(8)53(60,65-42)50(57)51(58)54-25-17-16-20-43(54)52(59)64-47(37(6)28-41-23-21-34(3)45(29-41)61-10)31-44(55)36(5)27-35(4)40(9)49(63-12)48(56)38(7)26-32/h13-15,18-19,27,32,34,36-43,45-47,49,60H,16-17,20-26,28-31H2,1-12H3/b15-13+,18-14+,33-19+,35-27+/t32?,34?,36?,37?,38-,39-,40-,41?,42?,43?,45?,46?,47?,49?,53?/m1/s1. The summed E-state index contributed by atoms with van der Waals surface area (Å²) in [5.41, 5.74) is 1.77. The molecule has 1 saturated carbocycles. The lowest BCUT2D eigenvalue weighted by molar-refractivity contribution is -0.265. The summed E-state index contributed by atoms with van der Waals surface area (Å²) in [6, 6.07) is -1.07. The molecule has 3 fully saturated rings. The van der Waals surface area contributed by atoms with Crippen LogP contribution in [-0.2, 0) is 47.7 Å². The first-order chi connectivity index (χ1) is 30.7. The minimum absolute atomic E-state index is 0.0102. The third-order valence-electron chi connectivity index (χ3n) is 15.3. The van der Waals surface area contributed by atoms with Gasteiger partial charge in [0.2, 0.25) is 5.79 Å². The summed E-state index contributed by atoms with van der Waals surface area (Å²) in [5, 5.41) is 12.0. The van der Waals surface area contributed by atoms with Gasteiger partial charge in [-0.1, -0.05) is 90.5 Å². The van der Waals surface area contributed by atoms with E-state index in [4.69, 9.17) is 23.7 Å². The number of nitrogens with zero attached hydrogens (tertiary/aromatic N) is 1. The second-order valence-corrected chi connectivity index (χ2v) is 20.3. The Kier molecular flexibility index (Phi) is 21.0. The third-order valence-corrected chi connectivity index (χ3v) is 15.3. The molecule has 12 unspecified atom stereocenters. The molecule has 1 amide bonds. The van der Waals surface area contributed by atoms with Crippen LogP contribution in [0.1, 0.15) is 139 Å². The van der Waals surface area contributed by atoms with E-state index in [9.17, 15) is 29.1 Å². The number of rotatable bonds is 6. The number of carbonyl (C=O) groups is 5. The van der Waals surface area contributed by atoms with Crippen LogP contribution < -0.4 is 0 Å². The highest BCUT2D eigenvalue weighted by atomic mass is 16.6. The molecular formula is C53H83NO11. The number of allylic oxidation sites excluding steroid dienone is 6. The maximum Gasteiger partial charge on any atom is 0.329 e. The van der Waals surface area contributed by atoms with Crippen LogP contribution >= 0.6 is 0 Å². The van der Waals surface area contributed by atoms with Crippen LogP contribution in [0, 0.1) is 47.3 Å². The topological polar surface area (TPSA) is 155 Å². The van der Waals surface area contributed by atoms with Crippen LogP contribution in [0.4, 0.5) is 0 Å². The van der Waals surface area contributed by atoms with Gasteiger partial charge in [0, 0.05) is 64.4 Å². The van der Waals surface area contributed by atoms with E-state index >= 15 is 0 Å². The molecule has 366 valence electrons. The molecule has 0 aromatic heterocycles. The average Bonchev–Trinajstić information content (AvgIpc) is 3.28. The molecule has 0 spiro atoms. The number of Topliss-reactive ketones (excluding diaryl/α,β-unsaturated/α-hetero) is 3. The van der Waals surface area contributed by atoms with Gasteiger partial charge in [-0.15, -0.1) is 0 Å². The van der Waals surface area contributed by atoms with Crippen molar-refractivity contribution in [1.82, 2.24) is 4.90 Å². The molecule has 12 nitrogen and oxygen atoms in total. The first-order valence-corrected chi connectivity index (χ1v) is 24.6. The molecule has 0 aromatic rings. The molecule has 0 radical (unpaired) electrons. The van der Waals surface area contributed by atoms with Gasteiger partial charge in [0.1, 0.15) is 24.0 Å². The summed E-state index contributed by atoms with van der Waals surface area (Å²) < 4.78 is 30.1. The Morgan fingerprint density at radius 1 is 0.831 bits per heavy atom. The van der Waals surface area contributed by atoms with Gasteiger partial charge in [-0.25, -0.2) is 4.79 Å². The van der Waals surface area contributed by atoms with Crippen molar-refractivity contribution in [2.24, 2.45) is 47.3 Å². The van der Waals surface area contributed by atoms with Gasteiger partial charge in [-0.3, -0.25) is 19.2 Å². The maximum atomic E-state index is 14.4. The van der Waals surface area contributed by atoms with Gasteiger partial charge in [-0.05, 0) is 107 Å². The Balaban J connectivity index is 1.70. The van der Waals surface area contributed by atoms with Gasteiger partial charge < -0.3 is 33.7 Å². The molecule has 0 aromatic carbocycles. The van der Waals surface area contributed by atoms with Crippen LogP contribution in [0.2, 0.25) is 0 Å². The van der Waals surface area contributed by atoms with Gasteiger partial charge in [0.25, 0.3) is 11.7 Å². The fourth-order valence-corrected chi connectivity index (χ4v) is 10.6. The Bertz CT molecular complexity index is 1750. The van der Waals surface area contributed by atoms with Crippen molar-refractivity contribution in [3.8, 4) is 0 Å². The summed E-state index contributed by atoms with van der Waals surface area (Å²) in [6.45, 7) is 17.7. The van der Waals surface area contributed by atoms with Gasteiger partial charge in [-0.2, -0.15) is 0 Å². The zero-order valence-electron chi connectivity index (χ0n) is 41.7. The van der Waals surface area contributed by atoms with Gasteiger partial charge >= 0.3 is 5.97 Å². The molecule has 2 saturated heterocycles. The van der Waals surface area contributed by atoms with E-state index in [1.807, 2.05) is 71.9 Å². The number of carbonyl (C=O) groups excluding carboxylic acids is 5. The van der Waals surface area contributed by atoms with E-state index in [1.165, 1.54) is 4.90 Å². The number of ether oxygens (including phenoxy) is 5. The van der Waals surface area contributed by atoms with E-state index in [0.717, 1.165) is 30.4 Å². The lowest BCUT2D eigenvalue weighted by atomic mass is 9.76. The highest BCUT2D eigenvalue weighted by Gasteiger charge is 2.53. The monoisotopic (exact) mass is 910 g/mol. The van der Waals surface area contributed by atoms with Crippen molar-refractivity contribution in [2.75, 3.05) is 27.9 Å². The number of esters is 1. The second kappa shape index (κ2) is 25.2. The summed E-state index contributed by atoms with van der Waals surface area (Å²) in [5.74, 6) is -6.38. The number of cyclic esters (lactones) is 1. The third kappa shape index (κ3) is 14.4. The number of aliphatic hydroxyl groups is 1. The normalized spacial score (nSPS) is 40.4. The van der Waals surface area contributed by atoms with Crippen LogP contribution in [0.15, 0.2) is 47.6 Å². The molecule has 4 aliphatic rings. The number of ketones is 3. The Morgan fingerprint density at radius 2 is 1.55 bits per heavy atom. The Labute approximate surface area is 390 Å². The fourth-order valence-electron chi connectivity index (χ4n) is 10.6. The quantitative estimate of drug-likeness (QED) is 0.155. The predicted molar refractivity (Wildman–Crippen MR) is 251 cm³/mol. The smallest absolute Gasteiger partial charge is 0.329 e. The molecule has 12 heteroatoms. The van der Waals surface area contributed by atoms with Crippen molar-refractivity contribution in [3.63, 3.8) is 0 Å². The first-order valence-electron chi connectivity index (χ1n) is 24.6. The maximum absolute atomic E-state index is 14.4. The number of fused-ring (bicyclic) bond motifs is 3. The van der Waals surface area contributed by atoms with E-state index < -0.39 is 59.6 Å². The molecule has 1 N–H and O–H groups in total. The first kappa shape index (κ1) is 54.3. The summed E-state index contributed by atoms with van der Waals surface area (Å²) in [6.07, 6.45) is 16.4. The van der Waals surface area contributed by atoms with Crippen LogP contribution in [0.3, 0.4) is 0 Å². The summed E-state index contributed by atoms with van der Waals surface area (Å²) in [7, 11) is 4.90. The van der Waals surface area contributed by atoms with Crippen LogP contribution in [-0.4, -0.2) is 109 Å². The molecule has 1 aliphatic carbocycles. The van der Waals surface area contributed by atoms with Crippen molar-refractivity contribution < 1.29 is 52.8 Å². The zero-order chi connectivity index (χ0) is 48.2. The molecule has 65 heavy (non-hydrogen) atoms. The molecule has 15 atom stereocenters. The van der Waals surface area contributed by atoms with Gasteiger partial charge in [0.15, 0.2) is 5.78 Å². The van der Waals surface area contributed by atoms with Crippen molar-refractivity contribution >= 4 is 29.2 Å². The minimum atomic E-state index is -2.39. The molecular weight excluding hydrogens is 827 g/mol. The fraction of sp³-hybridized carbons (Fsp3) is 0.755. The van der Waals surface area contributed by atoms with Crippen LogP contribution in [0.5, 0.6) is 0 Å². The van der Waals surface area contributed by atoms with Crippen molar-refractivity contribution in [1.29, 1.82) is 0 Å². The number of methoxy groups -OCH3 is 3. The largest absolute Gasteiger partial charge is 0.460 e. The number of amides is 1. The molecule has 3 aliphatic heterocycles. The number of hydrogen-bond acceptors (Lipinski definition) is 11. The summed E-state index contributed by atoms with van der Waals surface area (Å²) >= 11 is 0.